The number of hydrogen-bond acceptors (Lipinski definition) is 3. The molecular formula is C15H17F2N3O2. The summed E-state index contributed by atoms with van der Waals surface area (Å²) in [6.45, 7) is -1.19. The first-order chi connectivity index (χ1) is 10.6. The lowest BCUT2D eigenvalue weighted by Crippen LogP contribution is -2.45. The minimum atomic E-state index is -2.90. The Hall–Kier alpha value is -2.15. The molecule has 3 N–H and O–H groups in total. The van der Waals surface area contributed by atoms with Gasteiger partial charge in [0.05, 0.1) is 0 Å². The van der Waals surface area contributed by atoms with Crippen LogP contribution in [0.5, 0.6) is 5.75 Å². The molecule has 5 nitrogen and oxygen atoms in total. The monoisotopic (exact) mass is 309 g/mol. The topological polar surface area (TPSA) is 66.2 Å². The third-order valence-electron chi connectivity index (χ3n) is 3.72. The molecule has 1 aliphatic rings. The van der Waals surface area contributed by atoms with Crippen molar-refractivity contribution in [1.82, 2.24) is 15.6 Å². The molecule has 3 rings (SSSR count). The third kappa shape index (κ3) is 3.19. The molecule has 0 radical (unpaired) electrons. The fourth-order valence-corrected chi connectivity index (χ4v) is 2.69. The van der Waals surface area contributed by atoms with Crippen LogP contribution in [-0.2, 0) is 0 Å². The van der Waals surface area contributed by atoms with Crippen molar-refractivity contribution in [2.45, 2.75) is 25.5 Å². The van der Waals surface area contributed by atoms with Crippen molar-refractivity contribution in [3.8, 4) is 5.75 Å². The zero-order chi connectivity index (χ0) is 15.5. The van der Waals surface area contributed by atoms with Crippen molar-refractivity contribution < 1.29 is 18.3 Å². The van der Waals surface area contributed by atoms with Crippen LogP contribution in [0.15, 0.2) is 24.3 Å². The summed E-state index contributed by atoms with van der Waals surface area (Å²) in [5, 5.41) is 6.62. The van der Waals surface area contributed by atoms with Crippen molar-refractivity contribution in [3.63, 3.8) is 0 Å². The molecule has 0 spiro atoms. The molecule has 0 aliphatic carbocycles. The molecule has 2 heterocycles. The molecule has 1 atom stereocenters. The molecule has 7 heteroatoms. The molecule has 1 aromatic carbocycles. The fourth-order valence-electron chi connectivity index (χ4n) is 2.69. The Morgan fingerprint density at radius 2 is 2.27 bits per heavy atom. The molecule has 1 amide bonds. The van der Waals surface area contributed by atoms with Crippen molar-refractivity contribution in [2.24, 2.45) is 0 Å². The van der Waals surface area contributed by atoms with Gasteiger partial charge in [0, 0.05) is 23.5 Å². The van der Waals surface area contributed by atoms with Gasteiger partial charge in [0.25, 0.3) is 5.91 Å². The number of aromatic amines is 1. The highest BCUT2D eigenvalue weighted by atomic mass is 19.3. The van der Waals surface area contributed by atoms with E-state index in [2.05, 4.69) is 20.4 Å². The molecule has 2 aromatic rings. The molecule has 1 unspecified atom stereocenters. The van der Waals surface area contributed by atoms with Gasteiger partial charge in [-0.2, -0.15) is 8.78 Å². The second kappa shape index (κ2) is 6.31. The number of alkyl halides is 2. The van der Waals surface area contributed by atoms with E-state index >= 15 is 0 Å². The highest BCUT2D eigenvalue weighted by molar-refractivity contribution is 5.99. The van der Waals surface area contributed by atoms with Gasteiger partial charge in [-0.1, -0.05) is 6.07 Å². The number of amides is 1. The smallest absolute Gasteiger partial charge is 0.387 e. The van der Waals surface area contributed by atoms with Crippen molar-refractivity contribution in [1.29, 1.82) is 0 Å². The Balaban J connectivity index is 1.80. The van der Waals surface area contributed by atoms with Gasteiger partial charge in [-0.05, 0) is 37.6 Å². The summed E-state index contributed by atoms with van der Waals surface area (Å²) in [7, 11) is 0. The molecule has 1 aromatic heterocycles. The lowest BCUT2D eigenvalue weighted by atomic mass is 10.1. The number of ether oxygens (including phenoxy) is 1. The third-order valence-corrected chi connectivity index (χ3v) is 3.72. The number of fused-ring (bicyclic) bond motifs is 1. The molecular weight excluding hydrogens is 292 g/mol. The van der Waals surface area contributed by atoms with Crippen LogP contribution in [0.4, 0.5) is 8.78 Å². The van der Waals surface area contributed by atoms with Gasteiger partial charge in [0.1, 0.15) is 11.4 Å². The Kier molecular flexibility index (Phi) is 4.24. The number of nitrogens with one attached hydrogen (secondary N) is 3. The largest absolute Gasteiger partial charge is 0.434 e. The molecule has 1 fully saturated rings. The van der Waals surface area contributed by atoms with E-state index in [0.717, 1.165) is 25.9 Å². The van der Waals surface area contributed by atoms with Gasteiger partial charge in [-0.3, -0.25) is 4.79 Å². The highest BCUT2D eigenvalue weighted by Gasteiger charge is 2.18. The van der Waals surface area contributed by atoms with Crippen LogP contribution < -0.4 is 15.4 Å². The maximum absolute atomic E-state index is 12.4. The molecule has 118 valence electrons. The van der Waals surface area contributed by atoms with Gasteiger partial charge < -0.3 is 20.4 Å². The summed E-state index contributed by atoms with van der Waals surface area (Å²) in [5.41, 5.74) is 0.927. The van der Waals surface area contributed by atoms with E-state index in [1.165, 1.54) is 6.07 Å². The Morgan fingerprint density at radius 1 is 1.41 bits per heavy atom. The van der Waals surface area contributed by atoms with E-state index in [0.29, 0.717) is 16.6 Å². The molecule has 1 aliphatic heterocycles. The number of hydrogen-bond donors (Lipinski definition) is 3. The van der Waals surface area contributed by atoms with Crippen LogP contribution >= 0.6 is 0 Å². The summed E-state index contributed by atoms with van der Waals surface area (Å²) in [5.74, 6) is -0.185. The van der Waals surface area contributed by atoms with Crippen LogP contribution in [0.25, 0.3) is 10.9 Å². The Bertz CT molecular complexity index is 666. The Labute approximate surface area is 126 Å². The number of carbonyl (C=O) groups excluding carboxylic acids is 1. The minimum Gasteiger partial charge on any atom is -0.434 e. The molecule has 0 bridgehead atoms. The number of aromatic nitrogens is 1. The number of benzene rings is 1. The first-order valence-corrected chi connectivity index (χ1v) is 7.21. The first kappa shape index (κ1) is 14.8. The SMILES string of the molecule is O=C(NC1CCCNC1)c1cc2c(OC(F)F)cccc2[nH]1. The summed E-state index contributed by atoms with van der Waals surface area (Å²) >= 11 is 0. The molecule has 22 heavy (non-hydrogen) atoms. The summed E-state index contributed by atoms with van der Waals surface area (Å²) < 4.78 is 29.3. The summed E-state index contributed by atoms with van der Waals surface area (Å²) in [6.07, 6.45) is 1.95. The molecule has 0 saturated carbocycles. The van der Waals surface area contributed by atoms with E-state index in [-0.39, 0.29) is 17.7 Å². The Morgan fingerprint density at radius 3 is 3.00 bits per heavy atom. The van der Waals surface area contributed by atoms with Crippen molar-refractivity contribution in [3.05, 3.63) is 30.0 Å². The van der Waals surface area contributed by atoms with Gasteiger partial charge in [-0.25, -0.2) is 0 Å². The number of carbonyl (C=O) groups is 1. The maximum Gasteiger partial charge on any atom is 0.387 e. The van der Waals surface area contributed by atoms with Gasteiger partial charge in [0.15, 0.2) is 0 Å². The summed E-state index contributed by atoms with van der Waals surface area (Å²) in [4.78, 5) is 15.2. The number of rotatable bonds is 4. The van der Waals surface area contributed by atoms with Crippen LogP contribution in [0, 0.1) is 0 Å². The average molecular weight is 309 g/mol. The van der Waals surface area contributed by atoms with Crippen LogP contribution in [0.1, 0.15) is 23.3 Å². The maximum atomic E-state index is 12.4. The zero-order valence-electron chi connectivity index (χ0n) is 11.9. The highest BCUT2D eigenvalue weighted by Crippen LogP contribution is 2.27. The number of halogens is 2. The standard InChI is InChI=1S/C15H17F2N3O2/c16-15(17)22-13-5-1-4-11-10(13)7-12(20-11)14(21)19-9-3-2-6-18-8-9/h1,4-5,7,9,15,18,20H,2-3,6,8H2,(H,19,21). The van der Waals surface area contributed by atoms with Crippen LogP contribution in [0.2, 0.25) is 0 Å². The summed E-state index contributed by atoms with van der Waals surface area (Å²) in [6, 6.07) is 6.40. The van der Waals surface area contributed by atoms with Crippen LogP contribution in [0.3, 0.4) is 0 Å². The van der Waals surface area contributed by atoms with Gasteiger partial charge in [0.2, 0.25) is 0 Å². The van der Waals surface area contributed by atoms with E-state index in [1.807, 2.05) is 0 Å². The zero-order valence-corrected chi connectivity index (χ0v) is 11.9. The fraction of sp³-hybridized carbons (Fsp3) is 0.400. The number of H-pyrrole nitrogens is 1. The second-order valence-corrected chi connectivity index (χ2v) is 5.30. The lowest BCUT2D eigenvalue weighted by Gasteiger charge is -2.23. The lowest BCUT2D eigenvalue weighted by molar-refractivity contribution is -0.0487. The first-order valence-electron chi connectivity index (χ1n) is 7.21. The van der Waals surface area contributed by atoms with Gasteiger partial charge >= 0.3 is 6.61 Å². The van der Waals surface area contributed by atoms with E-state index in [1.54, 1.807) is 18.2 Å². The predicted octanol–water partition coefficient (Wildman–Crippen LogP) is 2.25. The predicted molar refractivity (Wildman–Crippen MR) is 78.3 cm³/mol. The number of piperidine rings is 1. The van der Waals surface area contributed by atoms with Crippen LogP contribution in [-0.4, -0.2) is 36.6 Å². The second-order valence-electron chi connectivity index (χ2n) is 5.30. The molecule has 1 saturated heterocycles. The normalized spacial score (nSPS) is 18.6. The quantitative estimate of drug-likeness (QED) is 0.811. The van der Waals surface area contributed by atoms with E-state index in [9.17, 15) is 13.6 Å². The van der Waals surface area contributed by atoms with Crippen molar-refractivity contribution in [2.75, 3.05) is 13.1 Å². The van der Waals surface area contributed by atoms with Gasteiger partial charge in [-0.15, -0.1) is 0 Å². The minimum absolute atomic E-state index is 0.0575. The van der Waals surface area contributed by atoms with E-state index < -0.39 is 6.61 Å². The van der Waals surface area contributed by atoms with Crippen molar-refractivity contribution >= 4 is 16.8 Å². The average Bonchev–Trinajstić information content (AvgIpc) is 2.93. The van der Waals surface area contributed by atoms with E-state index in [4.69, 9.17) is 0 Å².